The molecule has 0 unspecified atom stereocenters. The average molecular weight is 571 g/mol. The van der Waals surface area contributed by atoms with Crippen LogP contribution in [0.3, 0.4) is 0 Å². The molecule has 3 heterocycles. The highest BCUT2D eigenvalue weighted by molar-refractivity contribution is 6.33. The van der Waals surface area contributed by atoms with Gasteiger partial charge < -0.3 is 24.8 Å². The van der Waals surface area contributed by atoms with Gasteiger partial charge >= 0.3 is 0 Å². The molecule has 0 bridgehead atoms. The molecule has 3 aromatic rings. The van der Waals surface area contributed by atoms with Crippen LogP contribution in [0, 0.1) is 11.6 Å². The number of nitrogens with zero attached hydrogens (tertiary/aromatic N) is 5. The molecular formula is C30H37ClF2N6O. The van der Waals surface area contributed by atoms with Crippen LogP contribution in [-0.2, 0) is 0 Å². The van der Waals surface area contributed by atoms with E-state index in [1.165, 1.54) is 6.07 Å². The molecule has 1 saturated heterocycles. The summed E-state index contributed by atoms with van der Waals surface area (Å²) in [6.07, 6.45) is 3.09. The molecule has 0 radical (unpaired) electrons. The maximum Gasteiger partial charge on any atom is 0.227 e. The second kappa shape index (κ2) is 11.0. The minimum Gasteiger partial charge on any atom is -0.482 e. The molecule has 0 spiro atoms. The van der Waals surface area contributed by atoms with E-state index in [1.54, 1.807) is 18.2 Å². The monoisotopic (exact) mass is 570 g/mol. The molecule has 1 aromatic heterocycles. The van der Waals surface area contributed by atoms with E-state index in [-0.39, 0.29) is 23.5 Å². The Kier molecular flexibility index (Phi) is 7.81. The third kappa shape index (κ3) is 5.81. The number of rotatable bonds is 6. The predicted molar refractivity (Wildman–Crippen MR) is 158 cm³/mol. The summed E-state index contributed by atoms with van der Waals surface area (Å²) in [6.45, 7) is 10.5. The fourth-order valence-corrected chi connectivity index (χ4v) is 5.77. The second-order valence-corrected chi connectivity index (χ2v) is 12.2. The number of nitrogens with one attached hydrogen (secondary N) is 1. The van der Waals surface area contributed by atoms with Crippen molar-refractivity contribution in [2.45, 2.75) is 58.2 Å². The molecule has 5 rings (SSSR count). The van der Waals surface area contributed by atoms with Gasteiger partial charge in [-0.25, -0.2) is 18.7 Å². The zero-order valence-corrected chi connectivity index (χ0v) is 24.7. The van der Waals surface area contributed by atoms with E-state index < -0.39 is 11.4 Å². The van der Waals surface area contributed by atoms with Gasteiger partial charge in [-0.1, -0.05) is 11.6 Å². The largest absolute Gasteiger partial charge is 0.482 e. The van der Waals surface area contributed by atoms with Crippen molar-refractivity contribution < 1.29 is 13.5 Å². The van der Waals surface area contributed by atoms with E-state index in [0.29, 0.717) is 40.3 Å². The number of hydrogen-bond acceptors (Lipinski definition) is 7. The SMILES string of the molecule is CC(C)N1CC(C)(C)Oc2c(Cl)cc(-c3nc(Nc4ccc(N5CCC(N(C)C)CC5)c(F)c4)ncc3F)cc21. The van der Waals surface area contributed by atoms with Gasteiger partial charge in [-0.15, -0.1) is 0 Å². The summed E-state index contributed by atoms with van der Waals surface area (Å²) in [7, 11) is 4.17. The first-order chi connectivity index (χ1) is 18.9. The first kappa shape index (κ1) is 28.4. The van der Waals surface area contributed by atoms with Crippen molar-refractivity contribution in [1.29, 1.82) is 0 Å². The molecule has 0 atom stereocenters. The van der Waals surface area contributed by atoms with Crippen LogP contribution in [0.15, 0.2) is 36.5 Å². The van der Waals surface area contributed by atoms with Crippen LogP contribution in [0.5, 0.6) is 5.75 Å². The quantitative estimate of drug-likeness (QED) is 0.352. The first-order valence-corrected chi connectivity index (χ1v) is 14.1. The Morgan fingerprint density at radius 1 is 1.07 bits per heavy atom. The smallest absolute Gasteiger partial charge is 0.227 e. The number of aromatic nitrogens is 2. The summed E-state index contributed by atoms with van der Waals surface area (Å²) in [6, 6.07) is 9.18. The second-order valence-electron chi connectivity index (χ2n) is 11.8. The average Bonchev–Trinajstić information content (AvgIpc) is 2.89. The van der Waals surface area contributed by atoms with Gasteiger partial charge in [-0.3, -0.25) is 0 Å². The summed E-state index contributed by atoms with van der Waals surface area (Å²) in [5.74, 6) is -0.182. The number of piperidine rings is 1. The molecule has 1 N–H and O–H groups in total. The summed E-state index contributed by atoms with van der Waals surface area (Å²) in [4.78, 5) is 15.0. The number of hydrogen-bond donors (Lipinski definition) is 1. The van der Waals surface area contributed by atoms with Gasteiger partial charge in [0.1, 0.15) is 17.1 Å². The Morgan fingerprint density at radius 2 is 1.80 bits per heavy atom. The van der Waals surface area contributed by atoms with Gasteiger partial charge in [-0.2, -0.15) is 0 Å². The molecule has 10 heteroatoms. The minimum atomic E-state index is -0.586. The third-order valence-electron chi connectivity index (χ3n) is 7.64. The number of anilines is 4. The van der Waals surface area contributed by atoms with Crippen molar-refractivity contribution in [2.24, 2.45) is 0 Å². The molecular weight excluding hydrogens is 534 g/mol. The van der Waals surface area contributed by atoms with E-state index in [4.69, 9.17) is 16.3 Å². The van der Waals surface area contributed by atoms with Gasteiger partial charge in [0.25, 0.3) is 0 Å². The number of halogens is 3. The van der Waals surface area contributed by atoms with E-state index in [0.717, 1.165) is 37.8 Å². The molecule has 0 saturated carbocycles. The lowest BCUT2D eigenvalue weighted by molar-refractivity contribution is 0.103. The Balaban J connectivity index is 1.39. The molecule has 214 valence electrons. The summed E-state index contributed by atoms with van der Waals surface area (Å²) >= 11 is 6.65. The summed E-state index contributed by atoms with van der Waals surface area (Å²) < 4.78 is 36.3. The zero-order chi connectivity index (χ0) is 28.8. The fraction of sp³-hybridized carbons (Fsp3) is 0.467. The van der Waals surface area contributed by atoms with Crippen molar-refractivity contribution in [3.63, 3.8) is 0 Å². The summed E-state index contributed by atoms with van der Waals surface area (Å²) in [5, 5.41) is 3.41. The Bertz CT molecular complexity index is 1390. The van der Waals surface area contributed by atoms with Crippen LogP contribution >= 0.6 is 11.6 Å². The van der Waals surface area contributed by atoms with Crippen molar-refractivity contribution in [2.75, 3.05) is 48.8 Å². The van der Waals surface area contributed by atoms with Crippen molar-refractivity contribution in [1.82, 2.24) is 14.9 Å². The van der Waals surface area contributed by atoms with Crippen LogP contribution in [-0.4, -0.2) is 66.3 Å². The van der Waals surface area contributed by atoms with Crippen LogP contribution in [0.2, 0.25) is 5.02 Å². The first-order valence-electron chi connectivity index (χ1n) is 13.7. The lowest BCUT2D eigenvalue weighted by atomic mass is 10.0. The van der Waals surface area contributed by atoms with Crippen LogP contribution in [0.1, 0.15) is 40.5 Å². The van der Waals surface area contributed by atoms with E-state index >= 15 is 8.78 Å². The van der Waals surface area contributed by atoms with Gasteiger partial charge in [0, 0.05) is 36.4 Å². The highest BCUT2D eigenvalue weighted by Crippen LogP contribution is 2.45. The molecule has 1 fully saturated rings. The predicted octanol–water partition coefficient (Wildman–Crippen LogP) is 6.74. The number of ether oxygens (including phenoxy) is 1. The van der Waals surface area contributed by atoms with Gasteiger partial charge in [-0.05, 0) is 85.0 Å². The number of fused-ring (bicyclic) bond motifs is 1. The highest BCUT2D eigenvalue weighted by atomic mass is 35.5. The molecule has 40 heavy (non-hydrogen) atoms. The third-order valence-corrected chi connectivity index (χ3v) is 7.92. The molecule has 0 aliphatic carbocycles. The maximum atomic E-state index is 15.1. The van der Waals surface area contributed by atoms with Crippen LogP contribution in [0.4, 0.5) is 31.8 Å². The maximum absolute atomic E-state index is 15.1. The standard InChI is InChI=1S/C30H37ClF2N6O/c1-18(2)39-17-30(3,4)40-28-22(31)13-19(14-26(28)39)27-24(33)16-34-29(36-27)35-20-7-8-25(23(32)15-20)38-11-9-21(10-12-38)37(5)6/h7-8,13-16,18,21H,9-12,17H2,1-6H3,(H,34,35,36). The number of benzene rings is 2. The zero-order valence-electron chi connectivity index (χ0n) is 23.9. The van der Waals surface area contributed by atoms with Crippen molar-refractivity contribution in [3.8, 4) is 17.0 Å². The normalized spacial score (nSPS) is 17.3. The lowest BCUT2D eigenvalue weighted by Crippen LogP contribution is -2.49. The fourth-order valence-electron chi connectivity index (χ4n) is 5.52. The van der Waals surface area contributed by atoms with Gasteiger partial charge in [0.15, 0.2) is 11.6 Å². The molecule has 2 aliphatic rings. The highest BCUT2D eigenvalue weighted by Gasteiger charge is 2.35. The Morgan fingerprint density at radius 3 is 2.45 bits per heavy atom. The van der Waals surface area contributed by atoms with E-state index in [1.807, 2.05) is 19.9 Å². The van der Waals surface area contributed by atoms with Gasteiger partial charge in [0.2, 0.25) is 5.95 Å². The minimum absolute atomic E-state index is 0.0941. The van der Waals surface area contributed by atoms with Crippen LogP contribution < -0.4 is 19.9 Å². The molecule has 0 amide bonds. The van der Waals surface area contributed by atoms with Crippen molar-refractivity contribution >= 4 is 34.6 Å². The topological polar surface area (TPSA) is 56.8 Å². The summed E-state index contributed by atoms with van der Waals surface area (Å²) in [5.41, 5.74) is 2.02. The van der Waals surface area contributed by atoms with Crippen LogP contribution in [0.25, 0.3) is 11.3 Å². The Hall–Kier alpha value is -3.17. The molecule has 2 aromatic carbocycles. The molecule has 7 nitrogen and oxygen atoms in total. The molecule has 2 aliphatic heterocycles. The van der Waals surface area contributed by atoms with E-state index in [2.05, 4.69) is 57.9 Å². The van der Waals surface area contributed by atoms with E-state index in [9.17, 15) is 0 Å². The Labute approximate surface area is 240 Å². The van der Waals surface area contributed by atoms with Gasteiger partial charge in [0.05, 0.1) is 29.1 Å². The lowest BCUT2D eigenvalue weighted by Gasteiger charge is -2.43. The van der Waals surface area contributed by atoms with Crippen molar-refractivity contribution in [3.05, 3.63) is 53.2 Å².